The van der Waals surface area contributed by atoms with E-state index in [2.05, 4.69) is 15.4 Å². The summed E-state index contributed by atoms with van der Waals surface area (Å²) < 4.78 is 13.6. The van der Waals surface area contributed by atoms with Crippen molar-refractivity contribution in [1.82, 2.24) is 15.4 Å². The average molecular weight is 241 g/mol. The fourth-order valence-electron chi connectivity index (χ4n) is 1.28. The van der Waals surface area contributed by atoms with E-state index < -0.39 is 11.7 Å². The highest BCUT2D eigenvalue weighted by molar-refractivity contribution is 6.31. The normalized spacial score (nSPS) is 10.4. The van der Waals surface area contributed by atoms with E-state index in [4.69, 9.17) is 17.3 Å². The van der Waals surface area contributed by atoms with Crippen LogP contribution in [-0.4, -0.2) is 21.3 Å². The Morgan fingerprint density at radius 3 is 2.88 bits per heavy atom. The van der Waals surface area contributed by atoms with E-state index in [0.717, 1.165) is 0 Å². The van der Waals surface area contributed by atoms with Crippen LogP contribution in [0.5, 0.6) is 0 Å². The lowest BCUT2D eigenvalue weighted by molar-refractivity contribution is 0.0996. The number of carbonyl (C=O) groups excluding carboxylic acids is 1. The first-order valence-corrected chi connectivity index (χ1v) is 4.64. The number of H-pyrrole nitrogens is 1. The number of rotatable bonds is 2. The lowest BCUT2D eigenvalue weighted by atomic mass is 10.1. The third kappa shape index (κ3) is 1.63. The van der Waals surface area contributed by atoms with E-state index >= 15 is 0 Å². The van der Waals surface area contributed by atoms with Gasteiger partial charge in [0.15, 0.2) is 11.5 Å². The first-order valence-electron chi connectivity index (χ1n) is 4.26. The molecule has 0 saturated heterocycles. The van der Waals surface area contributed by atoms with E-state index in [-0.39, 0.29) is 22.0 Å². The minimum Gasteiger partial charge on any atom is -0.364 e. The molecule has 1 heterocycles. The summed E-state index contributed by atoms with van der Waals surface area (Å²) in [4.78, 5) is 11.0. The van der Waals surface area contributed by atoms with Crippen molar-refractivity contribution in [3.63, 3.8) is 0 Å². The average Bonchev–Trinajstić information content (AvgIpc) is 2.70. The predicted octanol–water partition coefficient (Wildman–Crippen LogP) is 1.36. The van der Waals surface area contributed by atoms with Gasteiger partial charge in [-0.1, -0.05) is 17.7 Å². The molecule has 3 N–H and O–H groups in total. The number of nitrogens with two attached hydrogens (primary N) is 1. The molecule has 0 aliphatic carbocycles. The molecule has 0 bridgehead atoms. The third-order valence-electron chi connectivity index (χ3n) is 1.99. The minimum absolute atomic E-state index is 0.0486. The molecule has 1 aromatic heterocycles. The Balaban J connectivity index is 2.63. The summed E-state index contributed by atoms with van der Waals surface area (Å²) in [7, 11) is 0. The van der Waals surface area contributed by atoms with Gasteiger partial charge < -0.3 is 5.73 Å². The van der Waals surface area contributed by atoms with E-state index in [1.165, 1.54) is 12.1 Å². The molecule has 0 saturated carbocycles. The van der Waals surface area contributed by atoms with Gasteiger partial charge in [-0.2, -0.15) is 15.4 Å². The molecule has 5 nitrogen and oxygen atoms in total. The number of halogens is 2. The van der Waals surface area contributed by atoms with Crippen molar-refractivity contribution in [1.29, 1.82) is 0 Å². The molecule has 1 amide bonds. The summed E-state index contributed by atoms with van der Waals surface area (Å²) in [5.41, 5.74) is 5.07. The molecule has 7 heteroatoms. The molecule has 0 aliphatic heterocycles. The number of aromatic amines is 1. The van der Waals surface area contributed by atoms with Crippen molar-refractivity contribution >= 4 is 17.5 Å². The van der Waals surface area contributed by atoms with Crippen molar-refractivity contribution in [2.75, 3.05) is 0 Å². The van der Waals surface area contributed by atoms with Crippen LogP contribution in [0.4, 0.5) is 4.39 Å². The van der Waals surface area contributed by atoms with Crippen molar-refractivity contribution in [3.8, 4) is 11.3 Å². The zero-order valence-electron chi connectivity index (χ0n) is 7.87. The summed E-state index contributed by atoms with van der Waals surface area (Å²) in [5.74, 6) is -1.45. The van der Waals surface area contributed by atoms with Crippen LogP contribution in [0.2, 0.25) is 5.02 Å². The Bertz CT molecular complexity index is 554. The number of aromatic nitrogens is 3. The number of primary amides is 1. The molecule has 0 radical (unpaired) electrons. The second-order valence-corrected chi connectivity index (χ2v) is 3.39. The van der Waals surface area contributed by atoms with Gasteiger partial charge in [0.1, 0.15) is 5.69 Å². The first-order chi connectivity index (χ1) is 7.61. The highest BCUT2D eigenvalue weighted by atomic mass is 35.5. The Morgan fingerprint density at radius 1 is 1.44 bits per heavy atom. The summed E-state index contributed by atoms with van der Waals surface area (Å²) in [6.45, 7) is 0. The third-order valence-corrected chi connectivity index (χ3v) is 2.28. The summed E-state index contributed by atoms with van der Waals surface area (Å²) in [6, 6.07) is 4.37. The van der Waals surface area contributed by atoms with Crippen LogP contribution in [0.25, 0.3) is 11.3 Å². The van der Waals surface area contributed by atoms with E-state index in [1.54, 1.807) is 6.07 Å². The quantitative estimate of drug-likeness (QED) is 0.831. The lowest BCUT2D eigenvalue weighted by Crippen LogP contribution is -2.13. The molecule has 0 aliphatic rings. The van der Waals surface area contributed by atoms with Gasteiger partial charge >= 0.3 is 0 Å². The van der Waals surface area contributed by atoms with Gasteiger partial charge in [0, 0.05) is 5.56 Å². The largest absolute Gasteiger partial charge is 0.364 e. The molecule has 0 spiro atoms. The number of carbonyl (C=O) groups is 1. The maximum Gasteiger partial charge on any atom is 0.271 e. The first kappa shape index (κ1) is 10.6. The summed E-state index contributed by atoms with van der Waals surface area (Å²) in [6.07, 6.45) is 0. The molecule has 2 rings (SSSR count). The van der Waals surface area contributed by atoms with Gasteiger partial charge in [0.25, 0.3) is 5.91 Å². The van der Waals surface area contributed by atoms with Gasteiger partial charge in [-0.05, 0) is 12.1 Å². The summed E-state index contributed by atoms with van der Waals surface area (Å²) in [5, 5.41) is 9.37. The highest BCUT2D eigenvalue weighted by Crippen LogP contribution is 2.27. The number of hydrogen-bond donors (Lipinski definition) is 2. The second kappa shape index (κ2) is 3.90. The molecular weight excluding hydrogens is 235 g/mol. The van der Waals surface area contributed by atoms with Crippen LogP contribution in [0.15, 0.2) is 18.2 Å². The van der Waals surface area contributed by atoms with Gasteiger partial charge in [-0.15, -0.1) is 0 Å². The van der Waals surface area contributed by atoms with Crippen LogP contribution >= 0.6 is 11.6 Å². The monoisotopic (exact) mass is 240 g/mol. The van der Waals surface area contributed by atoms with Gasteiger partial charge in [0.2, 0.25) is 0 Å². The van der Waals surface area contributed by atoms with Crippen LogP contribution in [0.1, 0.15) is 10.5 Å². The highest BCUT2D eigenvalue weighted by Gasteiger charge is 2.19. The van der Waals surface area contributed by atoms with Crippen LogP contribution < -0.4 is 5.73 Å². The van der Waals surface area contributed by atoms with Crippen molar-refractivity contribution in [2.24, 2.45) is 5.73 Å². The molecule has 0 atom stereocenters. The van der Waals surface area contributed by atoms with Gasteiger partial charge in [-0.3, -0.25) is 4.79 Å². The second-order valence-electron chi connectivity index (χ2n) is 2.99. The van der Waals surface area contributed by atoms with Crippen LogP contribution in [0.3, 0.4) is 0 Å². The number of hydrogen-bond acceptors (Lipinski definition) is 3. The Morgan fingerprint density at radius 2 is 2.19 bits per heavy atom. The van der Waals surface area contributed by atoms with Crippen LogP contribution in [-0.2, 0) is 0 Å². The number of amides is 1. The van der Waals surface area contributed by atoms with E-state index in [9.17, 15) is 9.18 Å². The Labute approximate surface area is 94.4 Å². The smallest absolute Gasteiger partial charge is 0.271 e. The Kier molecular flexibility index (Phi) is 2.57. The predicted molar refractivity (Wildman–Crippen MR) is 55.3 cm³/mol. The van der Waals surface area contributed by atoms with Gasteiger partial charge in [-0.25, -0.2) is 4.39 Å². The lowest BCUT2D eigenvalue weighted by Gasteiger charge is -2.01. The molecule has 0 unspecified atom stereocenters. The fourth-order valence-corrected chi connectivity index (χ4v) is 1.45. The minimum atomic E-state index is -0.789. The van der Waals surface area contributed by atoms with Crippen molar-refractivity contribution < 1.29 is 9.18 Å². The standard InChI is InChI=1S/C9H6ClFN4O/c10-5-3-1-2-4(6(5)11)7-8(9(12)16)14-15-13-7/h1-3H,(H2,12,16)(H,13,14,15). The topological polar surface area (TPSA) is 84.7 Å². The molecular formula is C9H6ClFN4O. The maximum absolute atomic E-state index is 13.6. The molecule has 16 heavy (non-hydrogen) atoms. The van der Waals surface area contributed by atoms with Crippen molar-refractivity contribution in [2.45, 2.75) is 0 Å². The van der Waals surface area contributed by atoms with Crippen LogP contribution in [0, 0.1) is 5.82 Å². The molecule has 82 valence electrons. The molecule has 1 aromatic carbocycles. The Hall–Kier alpha value is -1.95. The van der Waals surface area contributed by atoms with E-state index in [1.807, 2.05) is 0 Å². The number of nitrogens with one attached hydrogen (secondary N) is 1. The van der Waals surface area contributed by atoms with E-state index in [0.29, 0.717) is 0 Å². The zero-order valence-corrected chi connectivity index (χ0v) is 8.62. The van der Waals surface area contributed by atoms with Crippen molar-refractivity contribution in [3.05, 3.63) is 34.7 Å². The van der Waals surface area contributed by atoms with Gasteiger partial charge in [0.05, 0.1) is 5.02 Å². The zero-order chi connectivity index (χ0) is 11.7. The molecule has 0 fully saturated rings. The number of nitrogens with zero attached hydrogens (tertiary/aromatic N) is 2. The molecule has 2 aromatic rings. The maximum atomic E-state index is 13.6. The fraction of sp³-hybridized carbons (Fsp3) is 0. The number of benzene rings is 1. The SMILES string of the molecule is NC(=O)c1n[nH]nc1-c1cccc(Cl)c1F. The summed E-state index contributed by atoms with van der Waals surface area (Å²) >= 11 is 5.61.